The van der Waals surface area contributed by atoms with E-state index in [2.05, 4.69) is 44.0 Å². The maximum absolute atomic E-state index is 13.4. The van der Waals surface area contributed by atoms with Crippen LogP contribution in [0.2, 0.25) is 0 Å². The number of rotatable bonds is 6. The molecule has 0 spiro atoms. The highest BCUT2D eigenvalue weighted by atomic mass is 79.9. The van der Waals surface area contributed by atoms with Gasteiger partial charge in [-0.25, -0.2) is 4.39 Å². The molecule has 0 aromatic heterocycles. The first-order valence-electron chi connectivity index (χ1n) is 6.75. The van der Waals surface area contributed by atoms with Crippen molar-refractivity contribution in [3.05, 3.63) is 63.9 Å². The Morgan fingerprint density at radius 1 is 1.10 bits per heavy atom. The number of ether oxygens (including phenoxy) is 1. The van der Waals surface area contributed by atoms with Gasteiger partial charge in [0.25, 0.3) is 0 Å². The normalized spacial score (nSPS) is 12.2. The lowest BCUT2D eigenvalue weighted by Gasteiger charge is -2.15. The van der Waals surface area contributed by atoms with Gasteiger partial charge >= 0.3 is 0 Å². The highest BCUT2D eigenvalue weighted by molar-refractivity contribution is 9.10. The summed E-state index contributed by atoms with van der Waals surface area (Å²) in [6.45, 7) is 0. The van der Waals surface area contributed by atoms with Crippen molar-refractivity contribution in [2.24, 2.45) is 5.92 Å². The van der Waals surface area contributed by atoms with Crippen molar-refractivity contribution in [3.63, 3.8) is 0 Å². The zero-order valence-corrected chi connectivity index (χ0v) is 15.0. The Morgan fingerprint density at radius 3 is 2.43 bits per heavy atom. The third kappa shape index (κ3) is 4.82. The molecule has 0 aliphatic carbocycles. The molecule has 0 saturated carbocycles. The Kier molecular flexibility index (Phi) is 6.24. The van der Waals surface area contributed by atoms with Crippen LogP contribution in [0, 0.1) is 11.7 Å². The minimum atomic E-state index is -0.189. The monoisotopic (exact) mass is 414 g/mol. The SMILES string of the molecule is COc1ccc(CC(CBr)Cc2cc(F)ccc2Br)cc1. The van der Waals surface area contributed by atoms with E-state index in [9.17, 15) is 4.39 Å². The molecule has 2 aromatic carbocycles. The van der Waals surface area contributed by atoms with Crippen LogP contribution in [0.1, 0.15) is 11.1 Å². The molecule has 112 valence electrons. The van der Waals surface area contributed by atoms with Crippen LogP contribution in [-0.2, 0) is 12.8 Å². The standard InChI is InChI=1S/C17H17Br2FO/c1-21-16-5-2-12(3-6-16)8-13(11-18)9-14-10-15(20)4-7-17(14)19/h2-7,10,13H,8-9,11H2,1H3. The van der Waals surface area contributed by atoms with Gasteiger partial charge in [0.15, 0.2) is 0 Å². The fourth-order valence-electron chi connectivity index (χ4n) is 2.29. The summed E-state index contributed by atoms with van der Waals surface area (Å²) in [7, 11) is 1.66. The highest BCUT2D eigenvalue weighted by Crippen LogP contribution is 2.24. The minimum Gasteiger partial charge on any atom is -0.497 e. The molecule has 2 aromatic rings. The van der Waals surface area contributed by atoms with Gasteiger partial charge in [0.05, 0.1) is 7.11 Å². The van der Waals surface area contributed by atoms with Gasteiger partial charge in [-0.05, 0) is 60.2 Å². The molecule has 0 saturated heterocycles. The second-order valence-electron chi connectivity index (χ2n) is 5.01. The topological polar surface area (TPSA) is 9.23 Å². The predicted molar refractivity (Wildman–Crippen MR) is 91.8 cm³/mol. The number of alkyl halides is 1. The summed E-state index contributed by atoms with van der Waals surface area (Å²) in [5, 5.41) is 0.877. The van der Waals surface area contributed by atoms with Crippen LogP contribution in [0.3, 0.4) is 0 Å². The van der Waals surface area contributed by atoms with Gasteiger partial charge in [-0.15, -0.1) is 0 Å². The summed E-state index contributed by atoms with van der Waals surface area (Å²) >= 11 is 7.06. The van der Waals surface area contributed by atoms with Crippen LogP contribution in [0.5, 0.6) is 5.75 Å². The van der Waals surface area contributed by atoms with E-state index in [0.717, 1.165) is 34.0 Å². The molecule has 0 heterocycles. The first kappa shape index (κ1) is 16.5. The molecule has 0 N–H and O–H groups in total. The molecule has 0 radical (unpaired) electrons. The predicted octanol–water partition coefficient (Wildman–Crippen LogP) is 5.39. The van der Waals surface area contributed by atoms with Gasteiger partial charge in [0.1, 0.15) is 11.6 Å². The van der Waals surface area contributed by atoms with Gasteiger partial charge in [0, 0.05) is 9.80 Å². The summed E-state index contributed by atoms with van der Waals surface area (Å²) in [6, 6.07) is 12.9. The number of hydrogen-bond donors (Lipinski definition) is 0. The van der Waals surface area contributed by atoms with E-state index in [1.54, 1.807) is 19.2 Å². The summed E-state index contributed by atoms with van der Waals surface area (Å²) in [4.78, 5) is 0. The van der Waals surface area contributed by atoms with E-state index in [1.807, 2.05) is 12.1 Å². The summed E-state index contributed by atoms with van der Waals surface area (Å²) in [5.41, 5.74) is 2.26. The van der Waals surface area contributed by atoms with Gasteiger partial charge in [-0.1, -0.05) is 44.0 Å². The van der Waals surface area contributed by atoms with E-state index in [1.165, 1.54) is 11.6 Å². The Bertz CT molecular complexity index is 584. The quantitative estimate of drug-likeness (QED) is 0.574. The Hall–Kier alpha value is -0.870. The largest absolute Gasteiger partial charge is 0.497 e. The van der Waals surface area contributed by atoms with E-state index >= 15 is 0 Å². The van der Waals surface area contributed by atoms with Crippen molar-refractivity contribution >= 4 is 31.9 Å². The first-order chi connectivity index (χ1) is 10.1. The fraction of sp³-hybridized carbons (Fsp3) is 0.294. The van der Waals surface area contributed by atoms with E-state index in [4.69, 9.17) is 4.74 Å². The third-order valence-corrected chi connectivity index (χ3v) is 5.11. The maximum Gasteiger partial charge on any atom is 0.123 e. The Morgan fingerprint density at radius 2 is 1.81 bits per heavy atom. The summed E-state index contributed by atoms with van der Waals surface area (Å²) < 4.78 is 19.5. The Labute approximate surface area is 141 Å². The number of hydrogen-bond acceptors (Lipinski definition) is 1. The molecular formula is C17H17Br2FO. The van der Waals surface area contributed by atoms with Crippen molar-refractivity contribution in [2.45, 2.75) is 12.8 Å². The molecule has 0 amide bonds. The number of halogens is 3. The second-order valence-corrected chi connectivity index (χ2v) is 6.51. The minimum absolute atomic E-state index is 0.189. The zero-order chi connectivity index (χ0) is 15.2. The van der Waals surface area contributed by atoms with Crippen LogP contribution >= 0.6 is 31.9 Å². The van der Waals surface area contributed by atoms with Crippen molar-refractivity contribution in [2.75, 3.05) is 12.4 Å². The van der Waals surface area contributed by atoms with Gasteiger partial charge in [-0.3, -0.25) is 0 Å². The third-order valence-electron chi connectivity index (χ3n) is 3.42. The lowest BCUT2D eigenvalue weighted by Crippen LogP contribution is -2.10. The fourth-order valence-corrected chi connectivity index (χ4v) is 3.15. The molecule has 1 nitrogen and oxygen atoms in total. The van der Waals surface area contributed by atoms with Crippen molar-refractivity contribution in [1.82, 2.24) is 0 Å². The average Bonchev–Trinajstić information content (AvgIpc) is 2.51. The zero-order valence-electron chi connectivity index (χ0n) is 11.8. The molecule has 4 heteroatoms. The van der Waals surface area contributed by atoms with Gasteiger partial charge in [-0.2, -0.15) is 0 Å². The average molecular weight is 416 g/mol. The van der Waals surface area contributed by atoms with Gasteiger partial charge < -0.3 is 4.74 Å². The van der Waals surface area contributed by atoms with Crippen molar-refractivity contribution < 1.29 is 9.13 Å². The van der Waals surface area contributed by atoms with E-state index in [0.29, 0.717) is 5.92 Å². The summed E-state index contributed by atoms with van der Waals surface area (Å²) in [6.07, 6.45) is 1.77. The van der Waals surface area contributed by atoms with Crippen molar-refractivity contribution in [3.8, 4) is 5.75 Å². The highest BCUT2D eigenvalue weighted by Gasteiger charge is 2.12. The lowest BCUT2D eigenvalue weighted by atomic mass is 9.94. The van der Waals surface area contributed by atoms with Crippen LogP contribution in [0.4, 0.5) is 4.39 Å². The summed E-state index contributed by atoms with van der Waals surface area (Å²) in [5.74, 6) is 1.09. The van der Waals surface area contributed by atoms with Crippen LogP contribution < -0.4 is 4.74 Å². The van der Waals surface area contributed by atoms with E-state index < -0.39 is 0 Å². The first-order valence-corrected chi connectivity index (χ1v) is 8.66. The molecular weight excluding hydrogens is 399 g/mol. The molecule has 0 fully saturated rings. The van der Waals surface area contributed by atoms with Crippen LogP contribution in [-0.4, -0.2) is 12.4 Å². The number of benzene rings is 2. The Balaban J connectivity index is 2.07. The van der Waals surface area contributed by atoms with Gasteiger partial charge in [0.2, 0.25) is 0 Å². The smallest absolute Gasteiger partial charge is 0.123 e. The lowest BCUT2D eigenvalue weighted by molar-refractivity contribution is 0.414. The van der Waals surface area contributed by atoms with Crippen LogP contribution in [0.25, 0.3) is 0 Å². The molecule has 0 aliphatic rings. The second kappa shape index (κ2) is 7.95. The molecule has 21 heavy (non-hydrogen) atoms. The number of methoxy groups -OCH3 is 1. The van der Waals surface area contributed by atoms with Crippen LogP contribution in [0.15, 0.2) is 46.9 Å². The van der Waals surface area contributed by atoms with Crippen molar-refractivity contribution in [1.29, 1.82) is 0 Å². The molecule has 2 rings (SSSR count). The molecule has 1 atom stereocenters. The molecule has 0 bridgehead atoms. The van der Waals surface area contributed by atoms with E-state index in [-0.39, 0.29) is 5.82 Å². The molecule has 1 unspecified atom stereocenters. The maximum atomic E-state index is 13.4. The molecule has 0 aliphatic heterocycles.